The summed E-state index contributed by atoms with van der Waals surface area (Å²) in [5.74, 6) is -0.0643. The lowest BCUT2D eigenvalue weighted by Crippen LogP contribution is -2.21. The van der Waals surface area contributed by atoms with Crippen molar-refractivity contribution in [1.82, 2.24) is 5.32 Å². The highest BCUT2D eigenvalue weighted by Crippen LogP contribution is 2.32. The van der Waals surface area contributed by atoms with Crippen LogP contribution in [0.25, 0.3) is 0 Å². The molecule has 1 aromatic rings. The van der Waals surface area contributed by atoms with E-state index in [-0.39, 0.29) is 22.4 Å². The largest absolute Gasteiger partial charge is 0.310 e. The van der Waals surface area contributed by atoms with E-state index in [0.717, 1.165) is 32.2 Å². The molecule has 0 bridgehead atoms. The van der Waals surface area contributed by atoms with Crippen LogP contribution in [0.3, 0.4) is 0 Å². The Morgan fingerprint density at radius 1 is 1.33 bits per heavy atom. The quantitative estimate of drug-likeness (QED) is 0.682. The zero-order valence-electron chi connectivity index (χ0n) is 12.0. The number of nitrogens with one attached hydrogen (secondary N) is 1. The number of nitro benzene ring substituents is 1. The standard InChI is InChI=1S/C14H20N2O4S/c1-2-21(19,20)11-7-8-12(14(10-11)16(17)18)13-6-4-3-5-9-15-13/h7-8,10,13,15H,2-6,9H2,1H3. The van der Waals surface area contributed by atoms with Crippen LogP contribution in [0, 0.1) is 10.1 Å². The number of benzene rings is 1. The molecule has 0 radical (unpaired) electrons. The molecule has 1 N–H and O–H groups in total. The molecule has 0 amide bonds. The number of nitrogens with zero attached hydrogens (tertiary/aromatic N) is 1. The summed E-state index contributed by atoms with van der Waals surface area (Å²) >= 11 is 0. The first kappa shape index (κ1) is 15.9. The predicted octanol–water partition coefficient (Wildman–Crippen LogP) is 2.59. The summed E-state index contributed by atoms with van der Waals surface area (Å²) in [5, 5.41) is 14.6. The van der Waals surface area contributed by atoms with E-state index in [9.17, 15) is 18.5 Å². The first-order valence-electron chi connectivity index (χ1n) is 7.20. The molecule has 6 nitrogen and oxygen atoms in total. The second-order valence-electron chi connectivity index (χ2n) is 5.24. The highest BCUT2D eigenvalue weighted by molar-refractivity contribution is 7.91. The van der Waals surface area contributed by atoms with Crippen LogP contribution < -0.4 is 5.32 Å². The van der Waals surface area contributed by atoms with Gasteiger partial charge in [-0.1, -0.05) is 19.8 Å². The highest BCUT2D eigenvalue weighted by atomic mass is 32.2. The summed E-state index contributed by atoms with van der Waals surface area (Å²) in [5.41, 5.74) is 0.473. The minimum atomic E-state index is -3.43. The molecule has 0 spiro atoms. The summed E-state index contributed by atoms with van der Waals surface area (Å²) in [6.45, 7) is 2.36. The maximum atomic E-state index is 11.9. The van der Waals surface area contributed by atoms with Crippen molar-refractivity contribution in [3.05, 3.63) is 33.9 Å². The summed E-state index contributed by atoms with van der Waals surface area (Å²) in [4.78, 5) is 10.8. The SMILES string of the molecule is CCS(=O)(=O)c1ccc(C2CCCCCN2)c([N+](=O)[O-])c1. The summed E-state index contributed by atoms with van der Waals surface area (Å²) in [7, 11) is -3.43. The van der Waals surface area contributed by atoms with Crippen LogP contribution in [0.15, 0.2) is 23.1 Å². The van der Waals surface area contributed by atoms with Crippen LogP contribution in [0.1, 0.15) is 44.2 Å². The molecule has 2 rings (SSSR count). The van der Waals surface area contributed by atoms with E-state index in [2.05, 4.69) is 5.32 Å². The zero-order chi connectivity index (χ0) is 15.5. The van der Waals surface area contributed by atoms with Crippen LogP contribution in [0.4, 0.5) is 5.69 Å². The third-order valence-corrected chi connectivity index (χ3v) is 5.61. The summed E-state index contributed by atoms with van der Waals surface area (Å²) in [6, 6.07) is 4.18. The molecular formula is C14H20N2O4S. The molecule has 1 heterocycles. The van der Waals surface area contributed by atoms with Gasteiger partial charge in [0, 0.05) is 17.7 Å². The van der Waals surface area contributed by atoms with E-state index >= 15 is 0 Å². The topological polar surface area (TPSA) is 89.3 Å². The van der Waals surface area contributed by atoms with Gasteiger partial charge in [0.15, 0.2) is 9.84 Å². The van der Waals surface area contributed by atoms with E-state index in [1.165, 1.54) is 19.1 Å². The lowest BCUT2D eigenvalue weighted by molar-refractivity contribution is -0.386. The van der Waals surface area contributed by atoms with E-state index in [0.29, 0.717) is 5.56 Å². The highest BCUT2D eigenvalue weighted by Gasteiger charge is 2.25. The van der Waals surface area contributed by atoms with E-state index in [1.54, 1.807) is 6.07 Å². The number of hydrogen-bond donors (Lipinski definition) is 1. The Bertz CT molecular complexity index is 620. The van der Waals surface area contributed by atoms with Crippen LogP contribution in [0.2, 0.25) is 0 Å². The van der Waals surface area contributed by atoms with Gasteiger partial charge in [0.25, 0.3) is 5.69 Å². The molecule has 21 heavy (non-hydrogen) atoms. The first-order chi connectivity index (χ1) is 9.95. The van der Waals surface area contributed by atoms with Crippen molar-refractivity contribution in [2.45, 2.75) is 43.5 Å². The van der Waals surface area contributed by atoms with Crippen molar-refractivity contribution in [3.8, 4) is 0 Å². The Morgan fingerprint density at radius 2 is 2.10 bits per heavy atom. The summed E-state index contributed by atoms with van der Waals surface area (Å²) in [6.07, 6.45) is 4.02. The molecule has 116 valence electrons. The molecule has 0 aromatic heterocycles. The maximum absolute atomic E-state index is 11.9. The monoisotopic (exact) mass is 312 g/mol. The lowest BCUT2D eigenvalue weighted by atomic mass is 10.0. The molecule has 1 fully saturated rings. The first-order valence-corrected chi connectivity index (χ1v) is 8.85. The zero-order valence-corrected chi connectivity index (χ0v) is 12.9. The van der Waals surface area contributed by atoms with Gasteiger partial charge in [0.2, 0.25) is 0 Å². The van der Waals surface area contributed by atoms with E-state index < -0.39 is 14.8 Å². The maximum Gasteiger partial charge on any atom is 0.275 e. The number of rotatable bonds is 4. The fourth-order valence-corrected chi connectivity index (χ4v) is 3.53. The third-order valence-electron chi connectivity index (χ3n) is 3.87. The predicted molar refractivity (Wildman–Crippen MR) is 80.0 cm³/mol. The lowest BCUT2D eigenvalue weighted by Gasteiger charge is -2.16. The van der Waals surface area contributed by atoms with Gasteiger partial charge in [-0.05, 0) is 31.5 Å². The van der Waals surface area contributed by atoms with Gasteiger partial charge in [-0.15, -0.1) is 0 Å². The van der Waals surface area contributed by atoms with Crippen molar-refractivity contribution >= 4 is 15.5 Å². The molecule has 0 saturated carbocycles. The van der Waals surface area contributed by atoms with Crippen molar-refractivity contribution < 1.29 is 13.3 Å². The minimum absolute atomic E-state index is 0.0223. The molecule has 1 saturated heterocycles. The van der Waals surface area contributed by atoms with E-state index in [4.69, 9.17) is 0 Å². The molecule has 7 heteroatoms. The third kappa shape index (κ3) is 3.59. The van der Waals surface area contributed by atoms with Crippen molar-refractivity contribution in [1.29, 1.82) is 0 Å². The van der Waals surface area contributed by atoms with Gasteiger partial charge in [-0.2, -0.15) is 0 Å². The average molecular weight is 312 g/mol. The van der Waals surface area contributed by atoms with Crippen LogP contribution in [-0.2, 0) is 9.84 Å². The van der Waals surface area contributed by atoms with Gasteiger partial charge in [-0.25, -0.2) is 8.42 Å². The van der Waals surface area contributed by atoms with Crippen LogP contribution in [-0.4, -0.2) is 25.6 Å². The van der Waals surface area contributed by atoms with Crippen LogP contribution >= 0.6 is 0 Å². The minimum Gasteiger partial charge on any atom is -0.310 e. The Kier molecular flexibility index (Phi) is 4.95. The Labute approximate surface area is 124 Å². The normalized spacial score (nSPS) is 20.0. The number of nitro groups is 1. The second-order valence-corrected chi connectivity index (χ2v) is 7.52. The Balaban J connectivity index is 2.44. The molecule has 1 aromatic carbocycles. The molecule has 1 aliphatic heterocycles. The molecular weight excluding hydrogens is 292 g/mol. The Morgan fingerprint density at radius 3 is 2.76 bits per heavy atom. The van der Waals surface area contributed by atoms with Crippen molar-refractivity contribution in [3.63, 3.8) is 0 Å². The van der Waals surface area contributed by atoms with E-state index in [1.807, 2.05) is 0 Å². The van der Waals surface area contributed by atoms with Gasteiger partial charge in [0.1, 0.15) is 0 Å². The number of hydrogen-bond acceptors (Lipinski definition) is 5. The van der Waals surface area contributed by atoms with Gasteiger partial charge in [0.05, 0.1) is 15.6 Å². The van der Waals surface area contributed by atoms with Crippen LogP contribution in [0.5, 0.6) is 0 Å². The Hall–Kier alpha value is -1.47. The van der Waals surface area contributed by atoms with Crippen molar-refractivity contribution in [2.24, 2.45) is 0 Å². The fraction of sp³-hybridized carbons (Fsp3) is 0.571. The fourth-order valence-electron chi connectivity index (χ4n) is 2.63. The van der Waals surface area contributed by atoms with Gasteiger partial charge in [-0.3, -0.25) is 10.1 Å². The second kappa shape index (κ2) is 6.53. The molecule has 1 atom stereocenters. The summed E-state index contributed by atoms with van der Waals surface area (Å²) < 4.78 is 23.8. The van der Waals surface area contributed by atoms with Gasteiger partial charge >= 0.3 is 0 Å². The molecule has 0 aliphatic carbocycles. The molecule has 1 unspecified atom stereocenters. The smallest absolute Gasteiger partial charge is 0.275 e. The van der Waals surface area contributed by atoms with Gasteiger partial charge < -0.3 is 5.32 Å². The molecule has 1 aliphatic rings. The average Bonchev–Trinajstić information content (AvgIpc) is 2.75. The van der Waals surface area contributed by atoms with Crippen molar-refractivity contribution in [2.75, 3.05) is 12.3 Å². The number of sulfone groups is 1.